The van der Waals surface area contributed by atoms with Crippen molar-refractivity contribution in [3.8, 4) is 0 Å². The molecule has 0 bridgehead atoms. The monoisotopic (exact) mass is 236 g/mol. The first-order valence-corrected chi connectivity index (χ1v) is 5.67. The van der Waals surface area contributed by atoms with Crippen molar-refractivity contribution in [1.82, 2.24) is 9.99 Å². The molecule has 1 aliphatic rings. The van der Waals surface area contributed by atoms with E-state index in [2.05, 4.69) is 10.4 Å². The lowest BCUT2D eigenvalue weighted by molar-refractivity contribution is 0.0698. The number of rotatable bonds is 3. The summed E-state index contributed by atoms with van der Waals surface area (Å²) in [5.41, 5.74) is 8.91. The predicted molar refractivity (Wildman–Crippen MR) is 64.7 cm³/mol. The molecule has 1 saturated heterocycles. The van der Waals surface area contributed by atoms with Crippen molar-refractivity contribution in [2.75, 3.05) is 24.2 Å². The lowest BCUT2D eigenvalue weighted by Gasteiger charge is -2.27. The number of nitrogens with zero attached hydrogens (tertiary/aromatic N) is 2. The summed E-state index contributed by atoms with van der Waals surface area (Å²) in [6.45, 7) is 1.91. The summed E-state index contributed by atoms with van der Waals surface area (Å²) >= 11 is 0. The summed E-state index contributed by atoms with van der Waals surface area (Å²) in [5, 5.41) is 11.0. The first-order valence-electron chi connectivity index (χ1n) is 5.67. The Morgan fingerprint density at radius 3 is 2.76 bits per heavy atom. The highest BCUT2D eigenvalue weighted by atomic mass is 16.4. The Morgan fingerprint density at radius 2 is 2.12 bits per heavy atom. The predicted octanol–water partition coefficient (Wildman–Crippen LogP) is 1.17. The lowest BCUT2D eigenvalue weighted by atomic mass is 10.2. The van der Waals surface area contributed by atoms with Crippen LogP contribution in [0.1, 0.15) is 29.6 Å². The van der Waals surface area contributed by atoms with Crippen LogP contribution in [0.15, 0.2) is 12.3 Å². The highest BCUT2D eigenvalue weighted by Crippen LogP contribution is 2.16. The van der Waals surface area contributed by atoms with Gasteiger partial charge in [0.2, 0.25) is 0 Å². The zero-order valence-corrected chi connectivity index (χ0v) is 9.52. The molecule has 1 aromatic heterocycles. The maximum Gasteiger partial charge on any atom is 0.337 e. The molecular formula is C11H16N4O2. The molecule has 0 radical (unpaired) electrons. The summed E-state index contributed by atoms with van der Waals surface area (Å²) in [7, 11) is 0. The van der Waals surface area contributed by atoms with Crippen molar-refractivity contribution in [3.63, 3.8) is 0 Å². The van der Waals surface area contributed by atoms with Crippen LogP contribution in [-0.4, -0.2) is 34.2 Å². The molecule has 0 spiro atoms. The third-order valence-corrected chi connectivity index (χ3v) is 2.79. The van der Waals surface area contributed by atoms with Gasteiger partial charge in [0.1, 0.15) is 5.82 Å². The van der Waals surface area contributed by atoms with E-state index in [1.54, 1.807) is 0 Å². The fourth-order valence-electron chi connectivity index (χ4n) is 1.88. The van der Waals surface area contributed by atoms with E-state index in [1.165, 1.54) is 18.7 Å². The average Bonchev–Trinajstić information content (AvgIpc) is 2.32. The molecule has 4 N–H and O–H groups in total. The number of hydrogen-bond acceptors (Lipinski definition) is 5. The highest BCUT2D eigenvalue weighted by Gasteiger charge is 2.13. The van der Waals surface area contributed by atoms with Crippen molar-refractivity contribution < 1.29 is 9.90 Å². The Morgan fingerprint density at radius 1 is 1.41 bits per heavy atom. The molecule has 1 aliphatic heterocycles. The molecule has 0 amide bonds. The van der Waals surface area contributed by atoms with Gasteiger partial charge in [-0.3, -0.25) is 0 Å². The van der Waals surface area contributed by atoms with Crippen LogP contribution in [-0.2, 0) is 0 Å². The van der Waals surface area contributed by atoms with Gasteiger partial charge in [0, 0.05) is 13.1 Å². The number of carboxylic acid groups (broad SMARTS) is 1. The fraction of sp³-hybridized carbons (Fsp3) is 0.455. The molecule has 92 valence electrons. The second-order valence-corrected chi connectivity index (χ2v) is 4.12. The number of carbonyl (C=O) groups is 1. The van der Waals surface area contributed by atoms with Gasteiger partial charge in [-0.15, -0.1) is 0 Å². The van der Waals surface area contributed by atoms with E-state index in [0.717, 1.165) is 25.9 Å². The molecule has 6 heteroatoms. The number of hydrogen-bond donors (Lipinski definition) is 3. The third kappa shape index (κ3) is 2.85. The normalized spacial score (nSPS) is 16.7. The number of hydrazine groups is 1. The SMILES string of the molecule is Nc1cnc(NN2CCCCC2)cc1C(=O)O. The molecule has 0 saturated carbocycles. The van der Waals surface area contributed by atoms with Crippen LogP contribution in [0.25, 0.3) is 0 Å². The standard InChI is InChI=1S/C11H16N4O2/c12-9-7-13-10(6-8(9)11(16)17)14-15-4-2-1-3-5-15/h6-7H,1-5,12H2,(H,13,14)(H,16,17). The number of aromatic nitrogens is 1. The molecule has 1 fully saturated rings. The minimum atomic E-state index is -1.04. The molecule has 1 aromatic rings. The number of nitrogen functional groups attached to an aromatic ring is 1. The number of piperidine rings is 1. The third-order valence-electron chi connectivity index (χ3n) is 2.79. The molecule has 2 rings (SSSR count). The van der Waals surface area contributed by atoms with E-state index < -0.39 is 5.97 Å². The van der Waals surface area contributed by atoms with Crippen molar-refractivity contribution in [1.29, 1.82) is 0 Å². The molecule has 0 atom stereocenters. The van der Waals surface area contributed by atoms with Crippen LogP contribution < -0.4 is 11.2 Å². The van der Waals surface area contributed by atoms with Crippen LogP contribution in [0.2, 0.25) is 0 Å². The molecule has 6 nitrogen and oxygen atoms in total. The average molecular weight is 236 g/mol. The van der Waals surface area contributed by atoms with E-state index in [4.69, 9.17) is 10.8 Å². The minimum absolute atomic E-state index is 0.0829. The lowest BCUT2D eigenvalue weighted by Crippen LogP contribution is -2.35. The van der Waals surface area contributed by atoms with Gasteiger partial charge < -0.3 is 16.3 Å². The molecular weight excluding hydrogens is 220 g/mol. The van der Waals surface area contributed by atoms with E-state index in [-0.39, 0.29) is 11.3 Å². The molecule has 17 heavy (non-hydrogen) atoms. The number of pyridine rings is 1. The van der Waals surface area contributed by atoms with Gasteiger partial charge in [0.15, 0.2) is 0 Å². The molecule has 0 aromatic carbocycles. The van der Waals surface area contributed by atoms with Crippen molar-refractivity contribution in [2.24, 2.45) is 0 Å². The molecule has 2 heterocycles. The first kappa shape index (κ1) is 11.7. The van der Waals surface area contributed by atoms with Crippen LogP contribution >= 0.6 is 0 Å². The first-order chi connectivity index (χ1) is 8.16. The zero-order valence-electron chi connectivity index (χ0n) is 9.52. The summed E-state index contributed by atoms with van der Waals surface area (Å²) in [4.78, 5) is 15.0. The van der Waals surface area contributed by atoms with E-state index in [1.807, 2.05) is 5.01 Å². The van der Waals surface area contributed by atoms with Crippen LogP contribution in [0, 0.1) is 0 Å². The number of aromatic carboxylic acids is 1. The van der Waals surface area contributed by atoms with Gasteiger partial charge in [0.25, 0.3) is 0 Å². The summed E-state index contributed by atoms with van der Waals surface area (Å²) in [6, 6.07) is 1.46. The summed E-state index contributed by atoms with van der Waals surface area (Å²) in [5.74, 6) is -0.509. The fourth-order valence-corrected chi connectivity index (χ4v) is 1.88. The Labute approximate surface area is 99.4 Å². The van der Waals surface area contributed by atoms with E-state index in [9.17, 15) is 4.79 Å². The van der Waals surface area contributed by atoms with Crippen LogP contribution in [0.4, 0.5) is 11.5 Å². The van der Waals surface area contributed by atoms with Gasteiger partial charge in [-0.2, -0.15) is 0 Å². The number of nitrogens with one attached hydrogen (secondary N) is 1. The van der Waals surface area contributed by atoms with Crippen LogP contribution in [0.3, 0.4) is 0 Å². The minimum Gasteiger partial charge on any atom is -0.478 e. The number of nitrogens with two attached hydrogens (primary N) is 1. The smallest absolute Gasteiger partial charge is 0.337 e. The van der Waals surface area contributed by atoms with Crippen molar-refractivity contribution in [3.05, 3.63) is 17.8 Å². The van der Waals surface area contributed by atoms with Gasteiger partial charge in [-0.1, -0.05) is 6.42 Å². The highest BCUT2D eigenvalue weighted by molar-refractivity contribution is 5.94. The van der Waals surface area contributed by atoms with Gasteiger partial charge in [-0.25, -0.2) is 14.8 Å². The molecule has 0 unspecified atom stereocenters. The van der Waals surface area contributed by atoms with Gasteiger partial charge in [-0.05, 0) is 18.9 Å². The van der Waals surface area contributed by atoms with Gasteiger partial charge in [0.05, 0.1) is 17.4 Å². The Kier molecular flexibility index (Phi) is 3.43. The quantitative estimate of drug-likeness (QED) is 0.729. The summed E-state index contributed by atoms with van der Waals surface area (Å²) in [6.07, 6.45) is 4.91. The summed E-state index contributed by atoms with van der Waals surface area (Å²) < 4.78 is 0. The van der Waals surface area contributed by atoms with E-state index >= 15 is 0 Å². The number of carboxylic acids is 1. The van der Waals surface area contributed by atoms with Crippen molar-refractivity contribution >= 4 is 17.5 Å². The largest absolute Gasteiger partial charge is 0.478 e. The zero-order chi connectivity index (χ0) is 12.3. The second kappa shape index (κ2) is 5.01. The van der Waals surface area contributed by atoms with Crippen molar-refractivity contribution in [2.45, 2.75) is 19.3 Å². The maximum absolute atomic E-state index is 10.9. The number of anilines is 2. The Bertz CT molecular complexity index is 416. The topological polar surface area (TPSA) is 91.5 Å². The maximum atomic E-state index is 10.9. The van der Waals surface area contributed by atoms with E-state index in [0.29, 0.717) is 5.82 Å². The van der Waals surface area contributed by atoms with Gasteiger partial charge >= 0.3 is 5.97 Å². The Balaban J connectivity index is 2.10. The Hall–Kier alpha value is -1.82. The molecule has 0 aliphatic carbocycles. The van der Waals surface area contributed by atoms with Crippen LogP contribution in [0.5, 0.6) is 0 Å². The second-order valence-electron chi connectivity index (χ2n) is 4.12.